The molecule has 0 radical (unpaired) electrons. The van der Waals surface area contributed by atoms with Crippen LogP contribution in [0.15, 0.2) is 182 Å². The minimum Gasteiger partial charge on any atom is -0.309 e. The van der Waals surface area contributed by atoms with Gasteiger partial charge in [0.05, 0.1) is 55.2 Å². The van der Waals surface area contributed by atoms with Gasteiger partial charge in [0.1, 0.15) is 0 Å². The van der Waals surface area contributed by atoms with Gasteiger partial charge in [-0.25, -0.2) is 0 Å². The minimum absolute atomic E-state index is 1.18. The summed E-state index contributed by atoms with van der Waals surface area (Å²) < 4.78 is 9.96. The molecule has 6 aromatic heterocycles. The van der Waals surface area contributed by atoms with Gasteiger partial charge in [-0.1, -0.05) is 109 Å². The zero-order chi connectivity index (χ0) is 37.4. The minimum atomic E-state index is 1.18. The van der Waals surface area contributed by atoms with E-state index in [4.69, 9.17) is 0 Å². The first-order valence-corrected chi connectivity index (χ1v) is 20.1. The lowest BCUT2D eigenvalue weighted by Gasteiger charge is -2.08. The predicted molar refractivity (Wildman–Crippen MR) is 244 cm³/mol. The Morgan fingerprint density at radius 2 is 0.586 bits per heavy atom. The van der Waals surface area contributed by atoms with Gasteiger partial charge in [-0.3, -0.25) is 0 Å². The number of fused-ring (bicyclic) bond motifs is 20. The van der Waals surface area contributed by atoms with E-state index in [1.165, 1.54) is 131 Å². The largest absolute Gasteiger partial charge is 0.309 e. The van der Waals surface area contributed by atoms with Crippen molar-refractivity contribution in [3.63, 3.8) is 0 Å². The molecule has 0 atom stereocenters. The lowest BCUT2D eigenvalue weighted by molar-refractivity contribution is 1.18. The molecular formula is C54H30N4. The molecule has 266 valence electrons. The SMILES string of the molecule is c1ccc(-n2c3ccccc3c3c4c5cccc6c7cc8c(cc7n(c4ccc32)c65)c2cccc3c4c5c6ccccc6n(-c6ccccc6)c5ccc4n8c23)cc1. The van der Waals surface area contributed by atoms with Gasteiger partial charge < -0.3 is 17.9 Å². The molecule has 4 heteroatoms. The van der Waals surface area contributed by atoms with Gasteiger partial charge in [0.2, 0.25) is 0 Å². The Labute approximate surface area is 329 Å². The van der Waals surface area contributed by atoms with Crippen LogP contribution in [0.3, 0.4) is 0 Å². The quantitative estimate of drug-likeness (QED) is 0.168. The molecule has 0 saturated carbocycles. The maximum atomic E-state index is 2.55. The van der Waals surface area contributed by atoms with Crippen molar-refractivity contribution in [2.45, 2.75) is 0 Å². The van der Waals surface area contributed by atoms with Crippen LogP contribution < -0.4 is 0 Å². The van der Waals surface area contributed by atoms with Gasteiger partial charge in [0.25, 0.3) is 0 Å². The molecule has 0 bridgehead atoms. The number of para-hydroxylation sites is 6. The smallest absolute Gasteiger partial charge is 0.0620 e. The fourth-order valence-electron chi connectivity index (χ4n) is 11.3. The van der Waals surface area contributed by atoms with Crippen molar-refractivity contribution in [3.8, 4) is 11.4 Å². The fraction of sp³-hybridized carbons (Fsp3) is 0. The summed E-state index contributed by atoms with van der Waals surface area (Å²) in [5.74, 6) is 0. The molecule has 0 aliphatic heterocycles. The Kier molecular flexibility index (Phi) is 5.14. The van der Waals surface area contributed by atoms with Gasteiger partial charge in [0.15, 0.2) is 0 Å². The summed E-state index contributed by atoms with van der Waals surface area (Å²) in [5, 5.41) is 15.6. The van der Waals surface area contributed by atoms with Crippen LogP contribution in [0.2, 0.25) is 0 Å². The normalized spacial score (nSPS) is 12.8. The standard InChI is InChI=1S/C54H30N4/c1-3-13-31(14-4-1)55-41-23-9-7-17-35(41)49-43(55)25-27-45-51(49)37-21-11-19-33-39-30-48-40(29-47(39)57(45)53(33)37)34-20-12-22-38-52-46(58(48)54(34)38)28-26-44-50(52)36-18-8-10-24-42(36)56(44)32-15-5-2-6-16-32/h1-30H. The molecule has 0 saturated heterocycles. The molecule has 15 rings (SSSR count). The Morgan fingerprint density at radius 1 is 0.224 bits per heavy atom. The second-order valence-corrected chi connectivity index (χ2v) is 16.0. The first kappa shape index (κ1) is 29.5. The lowest BCUT2D eigenvalue weighted by atomic mass is 10.0. The van der Waals surface area contributed by atoms with Crippen LogP contribution >= 0.6 is 0 Å². The maximum Gasteiger partial charge on any atom is 0.0620 e. The molecule has 0 N–H and O–H groups in total. The summed E-state index contributed by atoms with van der Waals surface area (Å²) in [6.45, 7) is 0. The van der Waals surface area contributed by atoms with Gasteiger partial charge >= 0.3 is 0 Å². The molecule has 0 aliphatic carbocycles. The van der Waals surface area contributed by atoms with Gasteiger partial charge in [-0.05, 0) is 72.8 Å². The van der Waals surface area contributed by atoms with Gasteiger partial charge in [-0.2, -0.15) is 0 Å². The van der Waals surface area contributed by atoms with E-state index in [1.807, 2.05) is 0 Å². The van der Waals surface area contributed by atoms with E-state index in [0.717, 1.165) is 0 Å². The third-order valence-electron chi connectivity index (χ3n) is 13.4. The Hall–Kier alpha value is -7.82. The van der Waals surface area contributed by atoms with E-state index in [1.54, 1.807) is 0 Å². The van der Waals surface area contributed by atoms with Crippen molar-refractivity contribution < 1.29 is 0 Å². The summed E-state index contributed by atoms with van der Waals surface area (Å²) in [5.41, 5.74) is 14.9. The third kappa shape index (κ3) is 3.30. The monoisotopic (exact) mass is 734 g/mol. The Morgan fingerprint density at radius 3 is 1.05 bits per heavy atom. The first-order valence-electron chi connectivity index (χ1n) is 20.1. The lowest BCUT2D eigenvalue weighted by Crippen LogP contribution is -1.92. The highest BCUT2D eigenvalue weighted by Crippen LogP contribution is 2.49. The second kappa shape index (κ2) is 10.1. The highest BCUT2D eigenvalue weighted by Gasteiger charge is 2.26. The molecule has 15 aromatic rings. The van der Waals surface area contributed by atoms with E-state index in [-0.39, 0.29) is 0 Å². The van der Waals surface area contributed by atoms with Crippen LogP contribution in [0.5, 0.6) is 0 Å². The Bertz CT molecular complexity index is 3960. The van der Waals surface area contributed by atoms with Crippen molar-refractivity contribution in [1.82, 2.24) is 17.9 Å². The number of hydrogen-bond donors (Lipinski definition) is 0. The van der Waals surface area contributed by atoms with Crippen LogP contribution in [-0.2, 0) is 0 Å². The van der Waals surface area contributed by atoms with Crippen molar-refractivity contribution >= 4 is 120 Å². The van der Waals surface area contributed by atoms with Crippen LogP contribution in [-0.4, -0.2) is 17.9 Å². The molecular weight excluding hydrogens is 705 g/mol. The van der Waals surface area contributed by atoms with Crippen LogP contribution in [0.4, 0.5) is 0 Å². The van der Waals surface area contributed by atoms with Gasteiger partial charge in [-0.15, -0.1) is 0 Å². The summed E-state index contributed by atoms with van der Waals surface area (Å²) >= 11 is 0. The highest BCUT2D eigenvalue weighted by atomic mass is 15.0. The molecule has 0 amide bonds. The zero-order valence-electron chi connectivity index (χ0n) is 31.1. The van der Waals surface area contributed by atoms with Crippen molar-refractivity contribution in [1.29, 1.82) is 0 Å². The molecule has 58 heavy (non-hydrogen) atoms. The third-order valence-corrected chi connectivity index (χ3v) is 13.4. The topological polar surface area (TPSA) is 18.7 Å². The molecule has 0 fully saturated rings. The number of aromatic nitrogens is 4. The number of hydrogen-bond acceptors (Lipinski definition) is 0. The fourth-order valence-corrected chi connectivity index (χ4v) is 11.3. The number of benzene rings is 9. The van der Waals surface area contributed by atoms with Crippen molar-refractivity contribution in [2.24, 2.45) is 0 Å². The van der Waals surface area contributed by atoms with Gasteiger partial charge in [0, 0.05) is 76.0 Å². The first-order chi connectivity index (χ1) is 28.8. The highest BCUT2D eigenvalue weighted by molar-refractivity contribution is 6.36. The summed E-state index contributed by atoms with van der Waals surface area (Å²) in [6, 6.07) is 67.5. The number of nitrogens with zero attached hydrogens (tertiary/aromatic N) is 4. The molecule has 0 spiro atoms. The van der Waals surface area contributed by atoms with Crippen LogP contribution in [0, 0.1) is 0 Å². The molecule has 4 nitrogen and oxygen atoms in total. The summed E-state index contributed by atoms with van der Waals surface area (Å²) in [6.07, 6.45) is 0. The van der Waals surface area contributed by atoms with E-state index >= 15 is 0 Å². The number of rotatable bonds is 2. The molecule has 6 heterocycles. The average molecular weight is 735 g/mol. The predicted octanol–water partition coefficient (Wildman–Crippen LogP) is 14.2. The molecule has 9 aromatic carbocycles. The van der Waals surface area contributed by atoms with E-state index in [0.29, 0.717) is 0 Å². The van der Waals surface area contributed by atoms with E-state index in [2.05, 4.69) is 200 Å². The average Bonchev–Trinajstić information content (AvgIpc) is 4.11. The Balaban J connectivity index is 1.08. The second-order valence-electron chi connectivity index (χ2n) is 16.0. The molecule has 0 aliphatic rings. The van der Waals surface area contributed by atoms with E-state index < -0.39 is 0 Å². The summed E-state index contributed by atoms with van der Waals surface area (Å²) in [4.78, 5) is 0. The van der Waals surface area contributed by atoms with Crippen LogP contribution in [0.25, 0.3) is 131 Å². The zero-order valence-corrected chi connectivity index (χ0v) is 31.1. The van der Waals surface area contributed by atoms with Crippen molar-refractivity contribution in [3.05, 3.63) is 182 Å². The summed E-state index contributed by atoms with van der Waals surface area (Å²) in [7, 11) is 0. The van der Waals surface area contributed by atoms with E-state index in [9.17, 15) is 0 Å². The maximum absolute atomic E-state index is 2.55. The van der Waals surface area contributed by atoms with Crippen LogP contribution in [0.1, 0.15) is 0 Å². The molecule has 0 unspecified atom stereocenters. The van der Waals surface area contributed by atoms with Crippen molar-refractivity contribution in [2.75, 3.05) is 0 Å².